The van der Waals surface area contributed by atoms with E-state index in [-0.39, 0.29) is 18.3 Å². The third-order valence-electron chi connectivity index (χ3n) is 3.61. The summed E-state index contributed by atoms with van der Waals surface area (Å²) in [6, 6.07) is 17.2. The Labute approximate surface area is 160 Å². The van der Waals surface area contributed by atoms with Crippen LogP contribution in [0.2, 0.25) is 5.02 Å². The molecule has 136 valence electrons. The first-order valence-corrected chi connectivity index (χ1v) is 8.47. The molecule has 0 fully saturated rings. The molecule has 25 heavy (non-hydrogen) atoms. The summed E-state index contributed by atoms with van der Waals surface area (Å²) in [7, 11) is 0. The quantitative estimate of drug-likeness (QED) is 0.714. The molecule has 2 aromatic rings. The number of amides is 1. The highest BCUT2D eigenvalue weighted by Crippen LogP contribution is 2.23. The molecule has 1 amide bonds. The fourth-order valence-electron chi connectivity index (χ4n) is 2.35. The van der Waals surface area contributed by atoms with Gasteiger partial charge in [-0.1, -0.05) is 54.1 Å². The van der Waals surface area contributed by atoms with E-state index in [0.29, 0.717) is 43.4 Å². The average Bonchev–Trinajstić information content (AvgIpc) is 2.61. The van der Waals surface area contributed by atoms with Crippen molar-refractivity contribution < 1.29 is 9.53 Å². The second kappa shape index (κ2) is 11.7. The van der Waals surface area contributed by atoms with Gasteiger partial charge in [0.1, 0.15) is 5.75 Å². The van der Waals surface area contributed by atoms with Crippen molar-refractivity contribution in [1.29, 1.82) is 0 Å². The van der Waals surface area contributed by atoms with Crippen molar-refractivity contribution in [2.45, 2.75) is 19.4 Å². The first-order valence-electron chi connectivity index (χ1n) is 8.10. The van der Waals surface area contributed by atoms with Crippen molar-refractivity contribution in [2.24, 2.45) is 5.73 Å². The Kier molecular flexibility index (Phi) is 10.0. The monoisotopic (exact) mass is 382 g/mol. The molecular weight excluding hydrogens is 359 g/mol. The number of halogens is 2. The van der Waals surface area contributed by atoms with Crippen LogP contribution in [-0.4, -0.2) is 30.5 Å². The smallest absolute Gasteiger partial charge is 0.226 e. The number of hydrogen-bond donors (Lipinski definition) is 1. The van der Waals surface area contributed by atoms with Gasteiger partial charge in [-0.25, -0.2) is 0 Å². The predicted octanol–water partition coefficient (Wildman–Crippen LogP) is 3.91. The molecule has 2 N–H and O–H groups in total. The molecule has 0 radical (unpaired) electrons. The molecular formula is C19H24Cl2N2O2. The number of benzene rings is 2. The number of nitrogens with two attached hydrogens (primary N) is 1. The van der Waals surface area contributed by atoms with E-state index in [1.807, 2.05) is 47.4 Å². The number of rotatable bonds is 9. The third-order valence-corrected chi connectivity index (χ3v) is 3.92. The van der Waals surface area contributed by atoms with Crippen LogP contribution in [0, 0.1) is 0 Å². The largest absolute Gasteiger partial charge is 0.491 e. The third kappa shape index (κ3) is 7.34. The van der Waals surface area contributed by atoms with Gasteiger partial charge < -0.3 is 15.4 Å². The molecule has 4 nitrogen and oxygen atoms in total. The van der Waals surface area contributed by atoms with E-state index < -0.39 is 0 Å². The summed E-state index contributed by atoms with van der Waals surface area (Å²) in [6.07, 6.45) is 1.09. The number of nitrogens with zero attached hydrogens (tertiary/aromatic N) is 1. The second-order valence-electron chi connectivity index (χ2n) is 5.47. The van der Waals surface area contributed by atoms with Crippen LogP contribution in [-0.2, 0) is 11.3 Å². The number of para-hydroxylation sites is 1. The maximum atomic E-state index is 12.5. The van der Waals surface area contributed by atoms with Crippen LogP contribution < -0.4 is 10.5 Å². The van der Waals surface area contributed by atoms with Crippen LogP contribution >= 0.6 is 24.0 Å². The lowest BCUT2D eigenvalue weighted by molar-refractivity contribution is -0.132. The zero-order valence-electron chi connectivity index (χ0n) is 14.1. The molecule has 2 aromatic carbocycles. The van der Waals surface area contributed by atoms with Crippen LogP contribution in [0.5, 0.6) is 5.75 Å². The average molecular weight is 383 g/mol. The van der Waals surface area contributed by atoms with E-state index in [4.69, 9.17) is 22.1 Å². The molecule has 6 heteroatoms. The molecule has 0 unspecified atom stereocenters. The first kappa shape index (κ1) is 21.3. The Morgan fingerprint density at radius 3 is 2.44 bits per heavy atom. The summed E-state index contributed by atoms with van der Waals surface area (Å²) in [5, 5.41) is 0.550. The highest BCUT2D eigenvalue weighted by atomic mass is 35.5. The Bertz CT molecular complexity index is 638. The highest BCUT2D eigenvalue weighted by molar-refractivity contribution is 6.32. The second-order valence-corrected chi connectivity index (χ2v) is 5.88. The van der Waals surface area contributed by atoms with Crippen LogP contribution in [0.15, 0.2) is 54.6 Å². The first-order chi connectivity index (χ1) is 11.7. The van der Waals surface area contributed by atoms with Gasteiger partial charge in [-0.2, -0.15) is 0 Å². The van der Waals surface area contributed by atoms with Crippen molar-refractivity contribution in [3.8, 4) is 5.75 Å². The zero-order chi connectivity index (χ0) is 17.2. The predicted molar refractivity (Wildman–Crippen MR) is 104 cm³/mol. The van der Waals surface area contributed by atoms with Crippen molar-refractivity contribution in [2.75, 3.05) is 19.7 Å². The SMILES string of the molecule is Cl.NCCCN(Cc1ccccc1)C(=O)CCOc1ccccc1Cl. The van der Waals surface area contributed by atoms with E-state index in [2.05, 4.69) is 0 Å². The Morgan fingerprint density at radius 2 is 1.76 bits per heavy atom. The summed E-state index contributed by atoms with van der Waals surface area (Å²) in [4.78, 5) is 14.3. The van der Waals surface area contributed by atoms with E-state index in [9.17, 15) is 4.79 Å². The van der Waals surface area contributed by atoms with E-state index in [0.717, 1.165) is 12.0 Å². The van der Waals surface area contributed by atoms with Gasteiger partial charge in [-0.15, -0.1) is 12.4 Å². The Morgan fingerprint density at radius 1 is 1.08 bits per heavy atom. The summed E-state index contributed by atoms with van der Waals surface area (Å²) in [5.74, 6) is 0.655. The van der Waals surface area contributed by atoms with Gasteiger partial charge in [-0.05, 0) is 30.7 Å². The van der Waals surface area contributed by atoms with Crippen molar-refractivity contribution in [1.82, 2.24) is 4.90 Å². The minimum Gasteiger partial charge on any atom is -0.491 e. The summed E-state index contributed by atoms with van der Waals surface area (Å²) in [5.41, 5.74) is 6.69. The van der Waals surface area contributed by atoms with Crippen LogP contribution in [0.4, 0.5) is 0 Å². The van der Waals surface area contributed by atoms with E-state index >= 15 is 0 Å². The lowest BCUT2D eigenvalue weighted by Crippen LogP contribution is -2.33. The minimum atomic E-state index is 0. The molecule has 2 rings (SSSR count). The maximum Gasteiger partial charge on any atom is 0.226 e. The zero-order valence-corrected chi connectivity index (χ0v) is 15.6. The summed E-state index contributed by atoms with van der Waals surface area (Å²) in [6.45, 7) is 2.10. The molecule has 0 atom stereocenters. The number of carbonyl (C=O) groups is 1. The van der Waals surface area contributed by atoms with Crippen LogP contribution in [0.3, 0.4) is 0 Å². The minimum absolute atomic E-state index is 0. The highest BCUT2D eigenvalue weighted by Gasteiger charge is 2.14. The van der Waals surface area contributed by atoms with Crippen LogP contribution in [0.25, 0.3) is 0 Å². The van der Waals surface area contributed by atoms with Crippen molar-refractivity contribution in [3.63, 3.8) is 0 Å². The Hall–Kier alpha value is -1.75. The Balaban J connectivity index is 0.00000312. The van der Waals surface area contributed by atoms with Gasteiger partial charge in [0.25, 0.3) is 0 Å². The van der Waals surface area contributed by atoms with E-state index in [1.165, 1.54) is 0 Å². The fraction of sp³-hybridized carbons (Fsp3) is 0.316. The van der Waals surface area contributed by atoms with Gasteiger partial charge in [-0.3, -0.25) is 4.79 Å². The summed E-state index contributed by atoms with van der Waals surface area (Å²) >= 11 is 6.04. The standard InChI is InChI=1S/C19H23ClN2O2.ClH/c20-17-9-4-5-10-18(17)24-14-11-19(23)22(13-6-12-21)15-16-7-2-1-3-8-16;/h1-5,7-10H,6,11-15,21H2;1H. The molecule has 0 saturated carbocycles. The molecule has 0 spiro atoms. The molecule has 0 aromatic heterocycles. The normalized spacial score (nSPS) is 10.0. The topological polar surface area (TPSA) is 55.6 Å². The molecule has 0 aliphatic rings. The maximum absolute atomic E-state index is 12.5. The van der Waals surface area contributed by atoms with Crippen molar-refractivity contribution >= 4 is 29.9 Å². The van der Waals surface area contributed by atoms with E-state index in [1.54, 1.807) is 12.1 Å². The fourth-order valence-corrected chi connectivity index (χ4v) is 2.54. The number of hydrogen-bond acceptors (Lipinski definition) is 3. The number of ether oxygens (including phenoxy) is 1. The van der Waals surface area contributed by atoms with Gasteiger partial charge in [0, 0.05) is 13.1 Å². The van der Waals surface area contributed by atoms with Gasteiger partial charge in [0.2, 0.25) is 5.91 Å². The van der Waals surface area contributed by atoms with Crippen molar-refractivity contribution in [3.05, 3.63) is 65.2 Å². The lowest BCUT2D eigenvalue weighted by Gasteiger charge is -2.23. The molecule has 0 aliphatic carbocycles. The van der Waals surface area contributed by atoms with Crippen LogP contribution in [0.1, 0.15) is 18.4 Å². The van der Waals surface area contributed by atoms with Gasteiger partial charge in [0.05, 0.1) is 18.1 Å². The lowest BCUT2D eigenvalue weighted by atomic mass is 10.2. The number of carbonyl (C=O) groups excluding carboxylic acids is 1. The summed E-state index contributed by atoms with van der Waals surface area (Å²) < 4.78 is 5.61. The molecule has 0 heterocycles. The molecule has 0 aliphatic heterocycles. The van der Waals surface area contributed by atoms with Gasteiger partial charge >= 0.3 is 0 Å². The molecule has 0 bridgehead atoms. The molecule has 0 saturated heterocycles. The van der Waals surface area contributed by atoms with Gasteiger partial charge in [0.15, 0.2) is 0 Å².